The maximum Gasteiger partial charge on any atom is 0.104 e. The molecule has 7 aromatic rings. The molecule has 0 saturated heterocycles. The fraction of sp³-hybridized carbons (Fsp3) is 0.0435. The Morgan fingerprint density at radius 3 is 1.19 bits per heavy atom. The lowest BCUT2D eigenvalue weighted by molar-refractivity contribution is 0.443. The molecule has 0 saturated carbocycles. The second kappa shape index (κ2) is 13.4. The third kappa shape index (κ3) is 6.35. The van der Waals surface area contributed by atoms with E-state index in [0.717, 1.165) is 5.70 Å². The quantitative estimate of drug-likeness (QED) is 0.186. The summed E-state index contributed by atoms with van der Waals surface area (Å²) in [6, 6.07) is 67.2. The number of hydrogen-bond acceptors (Lipinski definition) is 2. The van der Waals surface area contributed by atoms with E-state index in [2.05, 4.69) is 205 Å². The van der Waals surface area contributed by atoms with Gasteiger partial charge in [0.2, 0.25) is 0 Å². The van der Waals surface area contributed by atoms with Gasteiger partial charge in [-0.15, -0.1) is 0 Å². The van der Waals surface area contributed by atoms with Gasteiger partial charge in [-0.3, -0.25) is 5.32 Å². The first-order chi connectivity index (χ1) is 23.8. The molecule has 2 nitrogen and oxygen atoms in total. The van der Waals surface area contributed by atoms with Gasteiger partial charge in [0.25, 0.3) is 0 Å². The van der Waals surface area contributed by atoms with Crippen LogP contribution in [0.1, 0.15) is 28.9 Å². The highest BCUT2D eigenvalue weighted by molar-refractivity contribution is 5.73. The van der Waals surface area contributed by atoms with Crippen molar-refractivity contribution >= 4 is 5.70 Å². The molecule has 2 atom stereocenters. The van der Waals surface area contributed by atoms with Gasteiger partial charge in [0.05, 0.1) is 6.04 Å². The van der Waals surface area contributed by atoms with Gasteiger partial charge in [-0.05, 0) is 79.4 Å². The molecular weight excluding hydrogens is 581 g/mol. The SMILES string of the molecule is C1=C(c2ccccc2)NC(c2cccc(-c3ccc(-c4ccccc4)cc3)c2)NC1c1cccc(-c2ccc(-c3ccccc3)cc2)c1. The van der Waals surface area contributed by atoms with Gasteiger partial charge < -0.3 is 5.32 Å². The minimum absolute atomic E-state index is 0.0174. The van der Waals surface area contributed by atoms with Crippen LogP contribution in [-0.2, 0) is 0 Å². The van der Waals surface area contributed by atoms with Crippen LogP contribution in [0.2, 0.25) is 0 Å². The molecule has 0 aliphatic carbocycles. The normalized spacial score (nSPS) is 15.7. The van der Waals surface area contributed by atoms with Crippen molar-refractivity contribution in [1.29, 1.82) is 0 Å². The zero-order chi connectivity index (χ0) is 32.1. The first-order valence-corrected chi connectivity index (χ1v) is 16.6. The largest absolute Gasteiger partial charge is 0.366 e. The molecule has 230 valence electrons. The van der Waals surface area contributed by atoms with Crippen LogP contribution < -0.4 is 10.6 Å². The van der Waals surface area contributed by atoms with E-state index in [1.165, 1.54) is 61.2 Å². The topological polar surface area (TPSA) is 24.1 Å². The maximum absolute atomic E-state index is 3.92. The fourth-order valence-electron chi connectivity index (χ4n) is 6.59. The Hall–Kier alpha value is -5.96. The van der Waals surface area contributed by atoms with Crippen LogP contribution in [0.25, 0.3) is 50.2 Å². The van der Waals surface area contributed by atoms with Crippen molar-refractivity contribution in [3.8, 4) is 44.5 Å². The lowest BCUT2D eigenvalue weighted by Crippen LogP contribution is -2.39. The average molecular weight is 617 g/mol. The molecule has 0 amide bonds. The van der Waals surface area contributed by atoms with Gasteiger partial charge in [-0.25, -0.2) is 0 Å². The molecule has 1 aliphatic heterocycles. The Bertz CT molecular complexity index is 2150. The van der Waals surface area contributed by atoms with Crippen LogP contribution >= 0.6 is 0 Å². The molecule has 0 fully saturated rings. The van der Waals surface area contributed by atoms with Gasteiger partial charge in [0, 0.05) is 5.70 Å². The predicted molar refractivity (Wildman–Crippen MR) is 201 cm³/mol. The molecule has 0 bridgehead atoms. The van der Waals surface area contributed by atoms with Gasteiger partial charge in [0.1, 0.15) is 6.17 Å². The van der Waals surface area contributed by atoms with Crippen molar-refractivity contribution in [1.82, 2.24) is 10.6 Å². The molecule has 8 rings (SSSR count). The first kappa shape index (κ1) is 29.4. The van der Waals surface area contributed by atoms with Crippen LogP contribution in [-0.4, -0.2) is 0 Å². The first-order valence-electron chi connectivity index (χ1n) is 16.6. The summed E-state index contributed by atoms with van der Waals surface area (Å²) in [6.45, 7) is 0. The van der Waals surface area contributed by atoms with Gasteiger partial charge >= 0.3 is 0 Å². The molecule has 2 N–H and O–H groups in total. The van der Waals surface area contributed by atoms with Gasteiger partial charge in [0.15, 0.2) is 0 Å². The second-order valence-electron chi connectivity index (χ2n) is 12.3. The number of nitrogens with one attached hydrogen (secondary N) is 2. The van der Waals surface area contributed by atoms with Crippen LogP contribution in [0.4, 0.5) is 0 Å². The van der Waals surface area contributed by atoms with Crippen molar-refractivity contribution in [3.63, 3.8) is 0 Å². The average Bonchev–Trinajstić information content (AvgIpc) is 3.19. The number of hydrogen-bond donors (Lipinski definition) is 2. The van der Waals surface area contributed by atoms with Gasteiger partial charge in [-0.1, -0.05) is 176 Å². The summed E-state index contributed by atoms with van der Waals surface area (Å²) < 4.78 is 0. The van der Waals surface area contributed by atoms with Crippen molar-refractivity contribution in [2.24, 2.45) is 0 Å². The Balaban J connectivity index is 1.09. The third-order valence-corrected chi connectivity index (χ3v) is 9.18. The summed E-state index contributed by atoms with van der Waals surface area (Å²) in [4.78, 5) is 0. The fourth-order valence-corrected chi connectivity index (χ4v) is 6.59. The van der Waals surface area contributed by atoms with Crippen molar-refractivity contribution < 1.29 is 0 Å². The molecule has 0 spiro atoms. The van der Waals surface area contributed by atoms with Crippen molar-refractivity contribution in [3.05, 3.63) is 211 Å². The smallest absolute Gasteiger partial charge is 0.104 e. The molecule has 0 aromatic heterocycles. The van der Waals surface area contributed by atoms with Crippen LogP contribution in [0.5, 0.6) is 0 Å². The van der Waals surface area contributed by atoms with Gasteiger partial charge in [-0.2, -0.15) is 0 Å². The monoisotopic (exact) mass is 616 g/mol. The molecule has 7 aromatic carbocycles. The molecule has 48 heavy (non-hydrogen) atoms. The molecule has 2 unspecified atom stereocenters. The van der Waals surface area contributed by atoms with Crippen LogP contribution in [0.15, 0.2) is 194 Å². The summed E-state index contributed by atoms with van der Waals surface area (Å²) in [6.07, 6.45) is 2.24. The van der Waals surface area contributed by atoms with E-state index in [1.807, 2.05) is 0 Å². The molecule has 1 aliphatic rings. The lowest BCUT2D eigenvalue weighted by atomic mass is 9.94. The molecule has 0 radical (unpaired) electrons. The third-order valence-electron chi connectivity index (χ3n) is 9.18. The van der Waals surface area contributed by atoms with Crippen molar-refractivity contribution in [2.45, 2.75) is 12.2 Å². The maximum atomic E-state index is 3.92. The van der Waals surface area contributed by atoms with E-state index in [-0.39, 0.29) is 12.2 Å². The Morgan fingerprint density at radius 1 is 0.312 bits per heavy atom. The molecule has 2 heteroatoms. The van der Waals surface area contributed by atoms with Crippen LogP contribution in [0, 0.1) is 0 Å². The second-order valence-corrected chi connectivity index (χ2v) is 12.3. The number of benzene rings is 7. The van der Waals surface area contributed by atoms with E-state index in [0.29, 0.717) is 0 Å². The zero-order valence-corrected chi connectivity index (χ0v) is 26.6. The Morgan fingerprint density at radius 2 is 0.688 bits per heavy atom. The van der Waals surface area contributed by atoms with Crippen LogP contribution in [0.3, 0.4) is 0 Å². The van der Waals surface area contributed by atoms with E-state index in [1.54, 1.807) is 0 Å². The summed E-state index contributed by atoms with van der Waals surface area (Å²) in [5, 5.41) is 7.73. The highest BCUT2D eigenvalue weighted by atomic mass is 15.2. The van der Waals surface area contributed by atoms with E-state index < -0.39 is 0 Å². The highest BCUT2D eigenvalue weighted by Gasteiger charge is 2.24. The van der Waals surface area contributed by atoms with E-state index in [9.17, 15) is 0 Å². The highest BCUT2D eigenvalue weighted by Crippen LogP contribution is 2.34. The zero-order valence-electron chi connectivity index (χ0n) is 26.6. The summed E-state index contributed by atoms with van der Waals surface area (Å²) in [7, 11) is 0. The minimum atomic E-state index is -0.0763. The van der Waals surface area contributed by atoms with E-state index >= 15 is 0 Å². The lowest BCUT2D eigenvalue weighted by Gasteiger charge is -2.33. The standard InChI is InChI=1S/C46H36N2/c1-4-12-33(13-5-1)35-22-26-37(27-23-35)40-18-10-20-42(30-40)45-32-44(39-16-8-3-9-17-39)47-46(48-45)43-21-11-19-41(31-43)38-28-24-36(25-29-38)34-14-6-2-7-15-34/h1-32,45-48H. The Labute approximate surface area is 283 Å². The molecular formula is C46H36N2. The number of rotatable bonds is 7. The summed E-state index contributed by atoms with van der Waals surface area (Å²) in [5.74, 6) is 0. The minimum Gasteiger partial charge on any atom is -0.366 e. The van der Waals surface area contributed by atoms with E-state index in [4.69, 9.17) is 0 Å². The Kier molecular flexibility index (Phi) is 8.23. The summed E-state index contributed by atoms with van der Waals surface area (Å²) in [5.41, 5.74) is 14.4. The van der Waals surface area contributed by atoms with Crippen molar-refractivity contribution in [2.75, 3.05) is 0 Å². The summed E-state index contributed by atoms with van der Waals surface area (Å²) >= 11 is 0. The molecule has 1 heterocycles. The predicted octanol–water partition coefficient (Wildman–Crippen LogP) is 11.3.